The van der Waals surface area contributed by atoms with Crippen LogP contribution < -0.4 is 4.74 Å². The highest BCUT2D eigenvalue weighted by Crippen LogP contribution is 2.32. The minimum Gasteiger partial charge on any atom is -0.497 e. The van der Waals surface area contributed by atoms with Crippen molar-refractivity contribution in [1.29, 1.82) is 0 Å². The maximum Gasteiger partial charge on any atom is 0.416 e. The van der Waals surface area contributed by atoms with Crippen LogP contribution in [0.4, 0.5) is 13.2 Å². The number of hydrogen-bond donors (Lipinski definition) is 1. The van der Waals surface area contributed by atoms with E-state index in [4.69, 9.17) is 16.3 Å². The van der Waals surface area contributed by atoms with Crippen LogP contribution in [0.5, 0.6) is 5.75 Å². The summed E-state index contributed by atoms with van der Waals surface area (Å²) in [6, 6.07) is 10.9. The van der Waals surface area contributed by atoms with Gasteiger partial charge in [0.2, 0.25) is 0 Å². The average molecular weight is 545 g/mol. The van der Waals surface area contributed by atoms with E-state index in [9.17, 15) is 23.1 Å². The second-order valence-corrected chi connectivity index (χ2v) is 9.88. The van der Waals surface area contributed by atoms with Gasteiger partial charge in [0.15, 0.2) is 0 Å². The molecule has 38 heavy (non-hydrogen) atoms. The van der Waals surface area contributed by atoms with Crippen LogP contribution in [0.3, 0.4) is 0 Å². The highest BCUT2D eigenvalue weighted by atomic mass is 35.5. The maximum absolute atomic E-state index is 12.8. The number of ether oxygens (including phenoxy) is 1. The van der Waals surface area contributed by atoms with Crippen molar-refractivity contribution in [2.45, 2.75) is 31.9 Å². The minimum atomic E-state index is -4.47. The van der Waals surface area contributed by atoms with E-state index in [2.05, 4.69) is 16.8 Å². The fourth-order valence-electron chi connectivity index (χ4n) is 4.96. The number of aryl methyl sites for hydroxylation is 1. The number of pyridine rings is 1. The van der Waals surface area contributed by atoms with Crippen molar-refractivity contribution >= 4 is 28.5 Å². The average Bonchev–Trinajstić information content (AvgIpc) is 2.89. The van der Waals surface area contributed by atoms with Gasteiger partial charge in [-0.2, -0.15) is 13.2 Å². The summed E-state index contributed by atoms with van der Waals surface area (Å²) in [5.74, 6) is 5.26. The summed E-state index contributed by atoms with van der Waals surface area (Å²) in [5.41, 5.74) is 1.55. The van der Waals surface area contributed by atoms with Gasteiger partial charge < -0.3 is 9.84 Å². The van der Waals surface area contributed by atoms with Gasteiger partial charge >= 0.3 is 12.1 Å². The molecule has 200 valence electrons. The Morgan fingerprint density at radius 2 is 2.05 bits per heavy atom. The maximum atomic E-state index is 12.8. The number of carboxylic acids is 1. The number of nitrogens with zero attached hydrogens (tertiary/aromatic N) is 2. The Hall–Kier alpha value is -3.28. The lowest BCUT2D eigenvalue weighted by molar-refractivity contribution is -0.146. The van der Waals surface area contributed by atoms with Gasteiger partial charge in [0.25, 0.3) is 0 Å². The summed E-state index contributed by atoms with van der Waals surface area (Å²) in [6.07, 6.45) is 0.540. The summed E-state index contributed by atoms with van der Waals surface area (Å²) >= 11 is 5.98. The number of hydrogen-bond acceptors (Lipinski definition) is 4. The minimum absolute atomic E-state index is 0.0590. The summed E-state index contributed by atoms with van der Waals surface area (Å²) in [4.78, 5) is 18.4. The van der Waals surface area contributed by atoms with Crippen molar-refractivity contribution in [1.82, 2.24) is 9.88 Å². The standard InChI is InChI=1S/C29H28ClF3N2O3/c1-38-23-9-10-27-24(17-23)19(11-13-34-27)4-2-5-20-12-15-35(18-25(20)28(36)37)14-3-6-21-7-8-22(16-26(21)30)29(31,32)33/h7-11,13,16-17,20,25H,2,4-5,12,14-15,18H2,1H3,(H,36,37)/t20-,25+/m1/s1. The Bertz CT molecular complexity index is 1370. The largest absolute Gasteiger partial charge is 0.497 e. The van der Waals surface area contributed by atoms with Gasteiger partial charge in [0.05, 0.1) is 35.7 Å². The first-order valence-electron chi connectivity index (χ1n) is 12.4. The van der Waals surface area contributed by atoms with Crippen LogP contribution in [0.2, 0.25) is 5.02 Å². The third-order valence-electron chi connectivity index (χ3n) is 7.04. The summed E-state index contributed by atoms with van der Waals surface area (Å²) in [5, 5.41) is 10.9. The molecule has 2 atom stereocenters. The van der Waals surface area contributed by atoms with E-state index < -0.39 is 23.6 Å². The zero-order chi connectivity index (χ0) is 27.3. The third-order valence-corrected chi connectivity index (χ3v) is 7.35. The molecule has 1 aliphatic heterocycles. The van der Waals surface area contributed by atoms with Crippen molar-refractivity contribution in [3.8, 4) is 17.6 Å². The molecule has 1 N–H and O–H groups in total. The number of fused-ring (bicyclic) bond motifs is 1. The van der Waals surface area contributed by atoms with Gasteiger partial charge in [-0.05, 0) is 86.2 Å². The number of halogens is 4. The lowest BCUT2D eigenvalue weighted by Crippen LogP contribution is -2.44. The van der Waals surface area contributed by atoms with Crippen LogP contribution >= 0.6 is 11.6 Å². The first kappa shape index (κ1) is 27.7. The molecule has 0 radical (unpaired) electrons. The van der Waals surface area contributed by atoms with E-state index >= 15 is 0 Å². The quantitative estimate of drug-likeness (QED) is 0.353. The SMILES string of the molecule is COc1ccc2nccc(CCC[C@@H]3CCN(CC#Cc4ccc(C(F)(F)F)cc4Cl)C[C@@H]3C(=O)O)c2c1. The van der Waals surface area contributed by atoms with Gasteiger partial charge in [-0.3, -0.25) is 14.7 Å². The molecule has 4 rings (SSSR count). The molecule has 5 nitrogen and oxygen atoms in total. The Balaban J connectivity index is 1.34. The Kier molecular flexibility index (Phi) is 8.80. The topological polar surface area (TPSA) is 62.7 Å². The number of aromatic nitrogens is 1. The van der Waals surface area contributed by atoms with Crippen LogP contribution in [-0.2, 0) is 17.4 Å². The molecule has 3 aromatic rings. The highest BCUT2D eigenvalue weighted by Gasteiger charge is 2.34. The van der Waals surface area contributed by atoms with Crippen molar-refractivity contribution in [2.24, 2.45) is 11.8 Å². The molecule has 0 unspecified atom stereocenters. The fraction of sp³-hybridized carbons (Fsp3) is 0.379. The lowest BCUT2D eigenvalue weighted by atomic mass is 9.81. The molecular formula is C29H28ClF3N2O3. The van der Waals surface area contributed by atoms with Gasteiger partial charge in [0.1, 0.15) is 5.75 Å². The first-order valence-corrected chi connectivity index (χ1v) is 12.8. The molecule has 1 aliphatic rings. The molecule has 0 spiro atoms. The molecule has 0 amide bonds. The van der Waals surface area contributed by atoms with Gasteiger partial charge in [-0.1, -0.05) is 23.4 Å². The molecule has 2 heterocycles. The second-order valence-electron chi connectivity index (χ2n) is 9.47. The van der Waals surface area contributed by atoms with Crippen molar-refractivity contribution in [3.63, 3.8) is 0 Å². The predicted molar refractivity (Wildman–Crippen MR) is 140 cm³/mol. The van der Waals surface area contributed by atoms with Crippen molar-refractivity contribution in [2.75, 3.05) is 26.7 Å². The number of likely N-dealkylation sites (tertiary alicyclic amines) is 1. The third kappa shape index (κ3) is 6.77. The van der Waals surface area contributed by atoms with E-state index in [1.165, 1.54) is 6.07 Å². The number of alkyl halides is 3. The Morgan fingerprint density at radius 1 is 1.24 bits per heavy atom. The summed E-state index contributed by atoms with van der Waals surface area (Å²) in [7, 11) is 1.63. The van der Waals surface area contributed by atoms with Crippen LogP contribution in [0.25, 0.3) is 10.9 Å². The molecule has 0 aliphatic carbocycles. The van der Waals surface area contributed by atoms with Crippen LogP contribution in [0.15, 0.2) is 48.7 Å². The highest BCUT2D eigenvalue weighted by molar-refractivity contribution is 6.31. The zero-order valence-corrected chi connectivity index (χ0v) is 21.6. The number of rotatable bonds is 7. The summed E-state index contributed by atoms with van der Waals surface area (Å²) in [6.45, 7) is 1.41. The molecular weight excluding hydrogens is 517 g/mol. The van der Waals surface area contributed by atoms with E-state index in [1.54, 1.807) is 13.3 Å². The number of benzene rings is 2. The zero-order valence-electron chi connectivity index (χ0n) is 20.9. The molecule has 0 bridgehead atoms. The fourth-order valence-corrected chi connectivity index (χ4v) is 5.19. The molecule has 9 heteroatoms. The smallest absolute Gasteiger partial charge is 0.416 e. The van der Waals surface area contributed by atoms with Crippen molar-refractivity contribution in [3.05, 3.63) is 70.4 Å². The van der Waals surface area contributed by atoms with Gasteiger partial charge in [0, 0.05) is 23.7 Å². The molecule has 1 fully saturated rings. The van der Waals surface area contributed by atoms with Crippen LogP contribution in [0.1, 0.15) is 36.0 Å². The lowest BCUT2D eigenvalue weighted by Gasteiger charge is -2.35. The number of carboxylic acid groups (broad SMARTS) is 1. The number of methoxy groups -OCH3 is 1. The number of piperidine rings is 1. The number of aliphatic carboxylic acids is 1. The Labute approximate surface area is 224 Å². The monoisotopic (exact) mass is 544 g/mol. The predicted octanol–water partition coefficient (Wildman–Crippen LogP) is 6.31. The van der Waals surface area contributed by atoms with E-state index in [1.807, 2.05) is 29.2 Å². The van der Waals surface area contributed by atoms with Crippen molar-refractivity contribution < 1.29 is 27.8 Å². The summed E-state index contributed by atoms with van der Waals surface area (Å²) < 4.78 is 43.8. The normalized spacial score (nSPS) is 18.1. The van der Waals surface area contributed by atoms with E-state index in [0.717, 1.165) is 60.0 Å². The van der Waals surface area contributed by atoms with E-state index in [0.29, 0.717) is 25.2 Å². The molecule has 1 aromatic heterocycles. The number of carbonyl (C=O) groups is 1. The van der Waals surface area contributed by atoms with Crippen LogP contribution in [0, 0.1) is 23.7 Å². The second kappa shape index (κ2) is 12.1. The molecule has 2 aromatic carbocycles. The molecule has 0 saturated carbocycles. The van der Waals surface area contributed by atoms with E-state index in [-0.39, 0.29) is 10.9 Å². The van der Waals surface area contributed by atoms with Crippen LogP contribution in [-0.4, -0.2) is 47.7 Å². The first-order chi connectivity index (χ1) is 18.2. The van der Waals surface area contributed by atoms with Gasteiger partial charge in [-0.25, -0.2) is 0 Å². The van der Waals surface area contributed by atoms with Gasteiger partial charge in [-0.15, -0.1) is 0 Å². The molecule has 1 saturated heterocycles. The Morgan fingerprint density at radius 3 is 2.76 bits per heavy atom.